The summed E-state index contributed by atoms with van der Waals surface area (Å²) in [5.74, 6) is 0. The number of thiophene rings is 1. The second-order valence-electron chi connectivity index (χ2n) is 17.2. The molecule has 1 unspecified atom stereocenters. The van der Waals surface area contributed by atoms with Gasteiger partial charge in [0.15, 0.2) is 0 Å². The third kappa shape index (κ3) is 4.87. The van der Waals surface area contributed by atoms with Crippen LogP contribution in [0.5, 0.6) is 0 Å². The number of hydrogen-bond acceptors (Lipinski definition) is 2. The fourth-order valence-corrected chi connectivity index (χ4v) is 12.5. The molecule has 1 atom stereocenters. The van der Waals surface area contributed by atoms with Crippen molar-refractivity contribution in [2.45, 2.75) is 5.41 Å². The van der Waals surface area contributed by atoms with Crippen LogP contribution in [0.2, 0.25) is 0 Å². The van der Waals surface area contributed by atoms with E-state index in [1.807, 2.05) is 11.3 Å². The van der Waals surface area contributed by atoms with E-state index in [-0.39, 0.29) is 0 Å². The number of hydrogen-bond donors (Lipinski definition) is 0. The summed E-state index contributed by atoms with van der Waals surface area (Å²) in [5, 5.41) is 10.2. The summed E-state index contributed by atoms with van der Waals surface area (Å²) in [6.45, 7) is 0. The highest BCUT2D eigenvalue weighted by Gasteiger charge is 2.49. The molecule has 0 bridgehead atoms. The Balaban J connectivity index is 1.12. The average molecular weight is 816 g/mol. The monoisotopic (exact) mass is 815 g/mol. The Labute approximate surface area is 369 Å². The maximum absolute atomic E-state index is 2.54. The molecule has 2 aliphatic carbocycles. The molecule has 0 aliphatic heterocycles. The minimum absolute atomic E-state index is 0.641. The van der Waals surface area contributed by atoms with Crippen molar-refractivity contribution in [1.29, 1.82) is 0 Å². The Bertz CT molecular complexity index is 3850. The first-order valence-corrected chi connectivity index (χ1v) is 22.6. The fraction of sp³-hybridized carbons (Fsp3) is 0.0164. The van der Waals surface area contributed by atoms with Gasteiger partial charge in [0.05, 0.1) is 5.41 Å². The van der Waals surface area contributed by atoms with Crippen molar-refractivity contribution in [1.82, 2.24) is 0 Å². The molecular weight excluding hydrogens is 779 g/mol. The first kappa shape index (κ1) is 34.9. The molecule has 0 amide bonds. The molecule has 0 N–H and O–H groups in total. The van der Waals surface area contributed by atoms with Crippen LogP contribution >= 0.6 is 11.3 Å². The van der Waals surface area contributed by atoms with Crippen LogP contribution in [-0.2, 0) is 5.41 Å². The molecule has 1 nitrogen and oxygen atoms in total. The van der Waals surface area contributed by atoms with E-state index in [2.05, 4.69) is 229 Å². The number of anilines is 3. The van der Waals surface area contributed by atoms with Gasteiger partial charge in [0, 0.05) is 37.2 Å². The van der Waals surface area contributed by atoms with Crippen LogP contribution < -0.4 is 4.90 Å². The minimum atomic E-state index is -0.641. The molecule has 63 heavy (non-hydrogen) atoms. The third-order valence-corrected chi connectivity index (χ3v) is 15.1. The number of rotatable bonds is 4. The summed E-state index contributed by atoms with van der Waals surface area (Å²) in [7, 11) is 0. The van der Waals surface area contributed by atoms with Crippen LogP contribution in [-0.4, -0.2) is 0 Å². The number of fused-ring (bicyclic) bond motifs is 12. The summed E-state index contributed by atoms with van der Waals surface area (Å²) in [5.41, 5.74) is 15.6. The molecular formula is C61H37NS. The second kappa shape index (κ2) is 13.1. The van der Waals surface area contributed by atoms with Gasteiger partial charge in [0.25, 0.3) is 0 Å². The van der Waals surface area contributed by atoms with Gasteiger partial charge in [0.1, 0.15) is 0 Å². The topological polar surface area (TPSA) is 3.24 Å². The van der Waals surface area contributed by atoms with E-state index in [1.54, 1.807) is 0 Å². The Morgan fingerprint density at radius 3 is 1.62 bits per heavy atom. The molecule has 1 spiro atoms. The summed E-state index contributed by atoms with van der Waals surface area (Å²) in [6.07, 6.45) is 0. The average Bonchev–Trinajstić information content (AvgIpc) is 3.72. The molecule has 0 saturated carbocycles. The van der Waals surface area contributed by atoms with Gasteiger partial charge in [-0.05, 0) is 136 Å². The lowest BCUT2D eigenvalue weighted by atomic mass is 9.55. The van der Waals surface area contributed by atoms with Crippen molar-refractivity contribution in [2.24, 2.45) is 0 Å². The van der Waals surface area contributed by atoms with Gasteiger partial charge in [0.2, 0.25) is 0 Å². The van der Waals surface area contributed by atoms with Crippen molar-refractivity contribution in [3.05, 3.63) is 247 Å². The maximum Gasteiger partial charge on any atom is 0.0726 e. The standard InChI is InChI=1S/C61H37NS/c1-2-12-38(13-3-1)43-27-31-47-51-21-8-16-40-18-10-23-53(59(40)51)61(55(47)35-43)54-24-11-19-41-17-9-22-52(60(41)54)48-32-29-45(36-56(48)61)62(44-28-26-39-14-4-5-15-42(39)34-44)46-30-33-50-49-20-6-7-25-57(49)63-58(50)37-46/h1-37H. The first-order valence-electron chi connectivity index (χ1n) is 21.8. The van der Waals surface area contributed by atoms with E-state index in [4.69, 9.17) is 0 Å². The Kier molecular flexibility index (Phi) is 7.26. The second-order valence-corrected chi connectivity index (χ2v) is 18.3. The van der Waals surface area contributed by atoms with Gasteiger partial charge in [-0.2, -0.15) is 0 Å². The largest absolute Gasteiger partial charge is 0.310 e. The van der Waals surface area contributed by atoms with Gasteiger partial charge in [-0.15, -0.1) is 11.3 Å². The zero-order chi connectivity index (χ0) is 41.2. The van der Waals surface area contributed by atoms with E-state index >= 15 is 0 Å². The highest BCUT2D eigenvalue weighted by molar-refractivity contribution is 7.25. The maximum atomic E-state index is 2.54. The molecule has 0 fully saturated rings. The predicted molar refractivity (Wildman–Crippen MR) is 268 cm³/mol. The Hall–Kier alpha value is -7.78. The minimum Gasteiger partial charge on any atom is -0.310 e. The summed E-state index contributed by atoms with van der Waals surface area (Å²) in [6, 6.07) is 84.6. The lowest BCUT2D eigenvalue weighted by Gasteiger charge is -2.46. The zero-order valence-corrected chi connectivity index (χ0v) is 35.0. The van der Waals surface area contributed by atoms with Gasteiger partial charge in [-0.25, -0.2) is 0 Å². The van der Waals surface area contributed by atoms with E-state index in [0.29, 0.717) is 0 Å². The fourth-order valence-electron chi connectivity index (χ4n) is 11.4. The third-order valence-electron chi connectivity index (χ3n) is 14.0. The highest BCUT2D eigenvalue weighted by atomic mass is 32.1. The van der Waals surface area contributed by atoms with Gasteiger partial charge in [-0.1, -0.05) is 176 Å². The summed E-state index contributed by atoms with van der Waals surface area (Å²) in [4.78, 5) is 2.49. The van der Waals surface area contributed by atoms with E-state index in [0.717, 1.165) is 17.1 Å². The van der Waals surface area contributed by atoms with E-state index in [1.165, 1.54) is 108 Å². The molecule has 1 aromatic heterocycles. The van der Waals surface area contributed by atoms with Gasteiger partial charge in [-0.3, -0.25) is 0 Å². The summed E-state index contributed by atoms with van der Waals surface area (Å²) >= 11 is 1.87. The normalized spacial score (nSPS) is 14.7. The Morgan fingerprint density at radius 1 is 0.302 bits per heavy atom. The quantitative estimate of drug-likeness (QED) is 0.171. The molecule has 14 rings (SSSR count). The SMILES string of the molecule is c1ccc(-c2ccc3c(c2)C2(c4cc(N(c5ccc6ccccc6c5)c5ccc6c(c5)sc5ccccc56)ccc4-c4cccc5cccc2c45)c2cccc4cccc-3c24)cc1. The molecule has 1 heterocycles. The molecule has 292 valence electrons. The van der Waals surface area contributed by atoms with Gasteiger partial charge >= 0.3 is 0 Å². The summed E-state index contributed by atoms with van der Waals surface area (Å²) < 4.78 is 2.60. The lowest BCUT2D eigenvalue weighted by molar-refractivity contribution is 0.755. The van der Waals surface area contributed by atoms with Crippen LogP contribution in [0.25, 0.3) is 85.9 Å². The van der Waals surface area contributed by atoms with Crippen molar-refractivity contribution in [3.8, 4) is 33.4 Å². The van der Waals surface area contributed by atoms with Crippen LogP contribution in [0.4, 0.5) is 17.1 Å². The van der Waals surface area contributed by atoms with Crippen molar-refractivity contribution >= 4 is 80.9 Å². The highest BCUT2D eigenvalue weighted by Crippen LogP contribution is 2.62. The van der Waals surface area contributed by atoms with Crippen molar-refractivity contribution in [3.63, 3.8) is 0 Å². The van der Waals surface area contributed by atoms with Crippen LogP contribution in [0, 0.1) is 0 Å². The molecule has 0 radical (unpaired) electrons. The predicted octanol–water partition coefficient (Wildman–Crippen LogP) is 17.0. The van der Waals surface area contributed by atoms with E-state index in [9.17, 15) is 0 Å². The molecule has 12 aromatic rings. The molecule has 0 saturated heterocycles. The van der Waals surface area contributed by atoms with Crippen molar-refractivity contribution in [2.75, 3.05) is 4.90 Å². The van der Waals surface area contributed by atoms with Gasteiger partial charge < -0.3 is 4.90 Å². The van der Waals surface area contributed by atoms with Crippen LogP contribution in [0.15, 0.2) is 224 Å². The van der Waals surface area contributed by atoms with Crippen LogP contribution in [0.1, 0.15) is 22.3 Å². The molecule has 2 heteroatoms. The molecule has 2 aliphatic rings. The number of benzene rings is 11. The van der Waals surface area contributed by atoms with Crippen LogP contribution in [0.3, 0.4) is 0 Å². The van der Waals surface area contributed by atoms with E-state index < -0.39 is 5.41 Å². The smallest absolute Gasteiger partial charge is 0.0726 e. The Morgan fingerprint density at radius 2 is 0.857 bits per heavy atom. The zero-order valence-electron chi connectivity index (χ0n) is 34.2. The molecule has 11 aromatic carbocycles. The van der Waals surface area contributed by atoms with Crippen molar-refractivity contribution < 1.29 is 0 Å². The first-order chi connectivity index (χ1) is 31.2. The number of nitrogens with zero attached hydrogens (tertiary/aromatic N) is 1. The lowest BCUT2D eigenvalue weighted by Crippen LogP contribution is -2.36.